The molecule has 0 aliphatic carbocycles. The number of carbonyl (C=O) groups excluding carboxylic acids is 1. The maximum atomic E-state index is 13.2. The van der Waals surface area contributed by atoms with Crippen molar-refractivity contribution in [2.24, 2.45) is 5.16 Å². The van der Waals surface area contributed by atoms with Gasteiger partial charge in [0.2, 0.25) is 0 Å². The highest BCUT2D eigenvalue weighted by Gasteiger charge is 2.50. The highest BCUT2D eigenvalue weighted by Crippen LogP contribution is 2.38. The molecule has 0 saturated heterocycles. The van der Waals surface area contributed by atoms with Crippen LogP contribution in [0, 0.1) is 0 Å². The van der Waals surface area contributed by atoms with Crippen molar-refractivity contribution in [1.29, 1.82) is 0 Å². The molecule has 32 heavy (non-hydrogen) atoms. The Hall–Kier alpha value is -3.82. The lowest BCUT2D eigenvalue weighted by Gasteiger charge is -2.36. The first-order valence-corrected chi connectivity index (χ1v) is 9.44. The summed E-state index contributed by atoms with van der Waals surface area (Å²) in [6, 6.07) is 11.3. The number of alkyl halides is 3. The molecule has 1 atom stereocenters. The molecule has 1 aliphatic heterocycles. The highest BCUT2D eigenvalue weighted by molar-refractivity contribution is 6.10. The van der Waals surface area contributed by atoms with Gasteiger partial charge in [-0.3, -0.25) is 4.79 Å². The number of nitrogens with zero attached hydrogens (tertiary/aromatic N) is 2. The molecule has 1 unspecified atom stereocenters. The molecule has 3 rings (SSSR count). The van der Waals surface area contributed by atoms with Gasteiger partial charge in [-0.25, -0.2) is 4.79 Å². The molecule has 2 aromatic carbocycles. The Kier molecular flexibility index (Phi) is 6.82. The lowest BCUT2D eigenvalue weighted by Crippen LogP contribution is -2.51. The molecule has 2 aromatic rings. The zero-order valence-corrected chi connectivity index (χ0v) is 16.7. The van der Waals surface area contributed by atoms with E-state index in [0.29, 0.717) is 0 Å². The number of amides is 1. The number of carboxylic acid groups (broad SMARTS) is 1. The van der Waals surface area contributed by atoms with Crippen LogP contribution in [0.1, 0.15) is 22.7 Å². The van der Waals surface area contributed by atoms with E-state index in [0.717, 1.165) is 5.56 Å². The van der Waals surface area contributed by atoms with Gasteiger partial charge in [0.05, 0.1) is 6.54 Å². The number of oxime groups is 1. The quantitative estimate of drug-likeness (QED) is 0.516. The maximum absolute atomic E-state index is 13.2. The molecule has 0 fully saturated rings. The van der Waals surface area contributed by atoms with Crippen LogP contribution in [-0.2, 0) is 21.0 Å². The van der Waals surface area contributed by atoms with E-state index in [9.17, 15) is 27.9 Å². The Morgan fingerprint density at radius 1 is 1.19 bits per heavy atom. The van der Waals surface area contributed by atoms with Crippen molar-refractivity contribution in [3.8, 4) is 5.75 Å². The molecule has 1 N–H and O–H groups in total. The molecular formula is C22H19F3N2O5. The second-order valence-electron chi connectivity index (χ2n) is 6.79. The molecular weight excluding hydrogens is 429 g/mol. The second-order valence-corrected chi connectivity index (χ2v) is 6.79. The minimum absolute atomic E-state index is 0.0188. The molecule has 10 heteroatoms. The normalized spacial score (nSPS) is 16.9. The first-order chi connectivity index (χ1) is 15.2. The van der Waals surface area contributed by atoms with Crippen LogP contribution < -0.4 is 4.74 Å². The van der Waals surface area contributed by atoms with Gasteiger partial charge in [-0.05, 0) is 17.2 Å². The number of carboxylic acids is 1. The third kappa shape index (κ3) is 4.90. The number of benzene rings is 2. The molecule has 0 bridgehead atoms. The molecule has 0 saturated carbocycles. The van der Waals surface area contributed by atoms with Gasteiger partial charge < -0.3 is 19.6 Å². The summed E-state index contributed by atoms with van der Waals surface area (Å²) in [6.07, 6.45) is -3.81. The van der Waals surface area contributed by atoms with Gasteiger partial charge in [0.1, 0.15) is 24.7 Å². The van der Waals surface area contributed by atoms with E-state index < -0.39 is 30.6 Å². The van der Waals surface area contributed by atoms with Gasteiger partial charge in [-0.15, -0.1) is 0 Å². The van der Waals surface area contributed by atoms with Crippen molar-refractivity contribution >= 4 is 17.6 Å². The lowest BCUT2D eigenvalue weighted by molar-refractivity contribution is -0.189. The van der Waals surface area contributed by atoms with Crippen molar-refractivity contribution in [2.45, 2.75) is 18.8 Å². The van der Waals surface area contributed by atoms with Crippen LogP contribution >= 0.6 is 0 Å². The first-order valence-electron chi connectivity index (χ1n) is 9.44. The molecule has 0 aromatic heterocycles. The minimum Gasteiger partial charge on any atom is -0.489 e. The summed E-state index contributed by atoms with van der Waals surface area (Å²) >= 11 is 0. The number of fused-ring (bicyclic) bond motifs is 1. The third-order valence-electron chi connectivity index (χ3n) is 4.62. The van der Waals surface area contributed by atoms with Crippen molar-refractivity contribution in [3.05, 3.63) is 77.9 Å². The summed E-state index contributed by atoms with van der Waals surface area (Å²) in [5, 5.41) is 13.6. The molecule has 0 radical (unpaired) electrons. The zero-order chi connectivity index (χ0) is 23.3. The van der Waals surface area contributed by atoms with Crippen LogP contribution in [-0.4, -0.2) is 46.9 Å². The topological polar surface area (TPSA) is 88.4 Å². The average Bonchev–Trinajstić information content (AvgIpc) is 2.76. The molecule has 0 spiro atoms. The van der Waals surface area contributed by atoms with Gasteiger partial charge in [0.25, 0.3) is 0 Å². The number of hydrogen-bond acceptors (Lipinski definition) is 5. The number of ether oxygens (including phenoxy) is 1. The van der Waals surface area contributed by atoms with E-state index in [1.54, 1.807) is 24.3 Å². The Bertz CT molecular complexity index is 1040. The first kappa shape index (κ1) is 22.9. The monoisotopic (exact) mass is 448 g/mol. The number of hydrogen-bond donors (Lipinski definition) is 1. The van der Waals surface area contributed by atoms with Crippen LogP contribution in [0.3, 0.4) is 0 Å². The van der Waals surface area contributed by atoms with E-state index in [2.05, 4.69) is 11.7 Å². The second kappa shape index (κ2) is 9.54. The number of rotatable bonds is 7. The van der Waals surface area contributed by atoms with Gasteiger partial charge in [0, 0.05) is 5.56 Å². The summed E-state index contributed by atoms with van der Waals surface area (Å²) in [6.45, 7) is 2.90. The predicted molar refractivity (Wildman–Crippen MR) is 108 cm³/mol. The fourth-order valence-corrected chi connectivity index (χ4v) is 3.31. The number of carbonyl (C=O) groups is 2. The molecule has 1 amide bonds. The van der Waals surface area contributed by atoms with Gasteiger partial charge in [-0.2, -0.15) is 13.2 Å². The zero-order valence-electron chi connectivity index (χ0n) is 16.7. The summed E-state index contributed by atoms with van der Waals surface area (Å²) in [7, 11) is 0. The van der Waals surface area contributed by atoms with E-state index >= 15 is 0 Å². The third-order valence-corrected chi connectivity index (χ3v) is 4.62. The van der Waals surface area contributed by atoms with Crippen LogP contribution in [0.2, 0.25) is 0 Å². The maximum Gasteiger partial charge on any atom is 0.471 e. The van der Waals surface area contributed by atoms with Crippen molar-refractivity contribution in [1.82, 2.24) is 4.90 Å². The Morgan fingerprint density at radius 3 is 2.53 bits per heavy atom. The van der Waals surface area contributed by atoms with E-state index in [1.807, 2.05) is 6.07 Å². The van der Waals surface area contributed by atoms with E-state index in [1.165, 1.54) is 24.3 Å². The molecule has 1 aliphatic rings. The Morgan fingerprint density at radius 2 is 1.91 bits per heavy atom. The molecule has 168 valence electrons. The number of aliphatic carboxylic acids is 1. The van der Waals surface area contributed by atoms with Gasteiger partial charge in [-0.1, -0.05) is 60.3 Å². The van der Waals surface area contributed by atoms with Crippen LogP contribution in [0.4, 0.5) is 13.2 Å². The van der Waals surface area contributed by atoms with Crippen LogP contribution in [0.5, 0.6) is 5.75 Å². The summed E-state index contributed by atoms with van der Waals surface area (Å²) < 4.78 is 45.2. The predicted octanol–water partition coefficient (Wildman–Crippen LogP) is 3.70. The highest BCUT2D eigenvalue weighted by atomic mass is 19.4. The Balaban J connectivity index is 2.07. The van der Waals surface area contributed by atoms with Crippen molar-refractivity contribution in [3.63, 3.8) is 0 Å². The van der Waals surface area contributed by atoms with E-state index in [4.69, 9.17) is 9.57 Å². The van der Waals surface area contributed by atoms with Crippen LogP contribution in [0.15, 0.2) is 66.3 Å². The average molecular weight is 448 g/mol. The smallest absolute Gasteiger partial charge is 0.471 e. The van der Waals surface area contributed by atoms with Crippen molar-refractivity contribution < 1.29 is 37.4 Å². The fraction of sp³-hybridized carbons (Fsp3) is 0.227. The lowest BCUT2D eigenvalue weighted by atomic mass is 9.90. The standard InChI is InChI=1S/C22H19F3N2O5/c1-2-11-31-17-10-6-9-15-18(17)16(26-32-13-14-7-4-3-5-8-14)12-27(19(15)20(28)29)21(30)22(23,24)25/h2-10,19H,1,11-13H2,(H,28,29). The molecule has 7 nitrogen and oxygen atoms in total. The van der Waals surface area contributed by atoms with Gasteiger partial charge in [0.15, 0.2) is 6.04 Å². The van der Waals surface area contributed by atoms with Crippen molar-refractivity contribution in [2.75, 3.05) is 13.2 Å². The fourth-order valence-electron chi connectivity index (χ4n) is 3.31. The van der Waals surface area contributed by atoms with Gasteiger partial charge >= 0.3 is 18.1 Å². The largest absolute Gasteiger partial charge is 0.489 e. The number of halogens is 3. The minimum atomic E-state index is -5.27. The summed E-state index contributed by atoms with van der Waals surface area (Å²) in [4.78, 5) is 29.5. The van der Waals surface area contributed by atoms with Crippen LogP contribution in [0.25, 0.3) is 0 Å². The molecule has 1 heterocycles. The SMILES string of the molecule is C=CCOc1cccc2c1C(=NOCc1ccccc1)CN(C(=O)C(F)(F)F)C2C(=O)O. The Labute approximate surface area is 181 Å². The summed E-state index contributed by atoms with van der Waals surface area (Å²) in [5.74, 6) is -3.72. The summed E-state index contributed by atoms with van der Waals surface area (Å²) in [5.41, 5.74) is 0.799. The van der Waals surface area contributed by atoms with E-state index in [-0.39, 0.29) is 40.7 Å².